The van der Waals surface area contributed by atoms with Crippen molar-refractivity contribution in [2.75, 3.05) is 4.90 Å². The van der Waals surface area contributed by atoms with Crippen molar-refractivity contribution >= 4 is 83.3 Å². The minimum Gasteiger partial charge on any atom is -0.456 e. The number of para-hydroxylation sites is 3. The molecule has 2 aromatic heterocycles. The van der Waals surface area contributed by atoms with Gasteiger partial charge in [-0.25, -0.2) is 4.99 Å². The lowest BCUT2D eigenvalue weighted by molar-refractivity contribution is 0.487. The first-order chi connectivity index (χ1) is 31.1. The van der Waals surface area contributed by atoms with Crippen LogP contribution in [0, 0.1) is 0 Å². The fraction of sp³-hybridized carbons (Fsp3) is 0.0526. The maximum absolute atomic E-state index is 6.74. The van der Waals surface area contributed by atoms with Crippen LogP contribution in [0.15, 0.2) is 215 Å². The number of rotatable bonds is 6. The van der Waals surface area contributed by atoms with Crippen LogP contribution in [-0.4, -0.2) is 16.2 Å². The van der Waals surface area contributed by atoms with Crippen LogP contribution in [0.1, 0.15) is 31.0 Å². The van der Waals surface area contributed by atoms with Crippen molar-refractivity contribution in [2.45, 2.75) is 19.9 Å². The summed E-state index contributed by atoms with van der Waals surface area (Å²) in [6, 6.07) is 69.8. The monoisotopic (exact) mass is 812 g/mol. The lowest BCUT2D eigenvalue weighted by Gasteiger charge is -2.28. The van der Waals surface area contributed by atoms with E-state index in [4.69, 9.17) is 19.1 Å². The van der Waals surface area contributed by atoms with E-state index in [0.29, 0.717) is 5.84 Å². The van der Waals surface area contributed by atoms with E-state index >= 15 is 0 Å². The van der Waals surface area contributed by atoms with E-state index < -0.39 is 0 Å². The molecule has 0 N–H and O–H groups in total. The van der Waals surface area contributed by atoms with E-state index in [0.717, 1.165) is 106 Å². The highest BCUT2D eigenvalue weighted by Gasteiger charge is 2.25. The minimum atomic E-state index is -0.0849. The van der Waals surface area contributed by atoms with E-state index in [-0.39, 0.29) is 6.04 Å². The smallest absolute Gasteiger partial charge is 0.159 e. The second-order valence-electron chi connectivity index (χ2n) is 16.1. The van der Waals surface area contributed by atoms with E-state index in [2.05, 4.69) is 187 Å². The maximum Gasteiger partial charge on any atom is 0.159 e. The van der Waals surface area contributed by atoms with Crippen molar-refractivity contribution < 1.29 is 9.15 Å². The number of aromatic nitrogens is 1. The molecule has 63 heavy (non-hydrogen) atoms. The number of hydrogen-bond donors (Lipinski definition) is 0. The third-order valence-electron chi connectivity index (χ3n) is 12.4. The first-order valence-corrected chi connectivity index (χ1v) is 21.4. The molecule has 1 aliphatic heterocycles. The number of fused-ring (bicyclic) bond motifs is 8. The second-order valence-corrected chi connectivity index (χ2v) is 16.1. The highest BCUT2D eigenvalue weighted by Crippen LogP contribution is 2.50. The van der Waals surface area contributed by atoms with Gasteiger partial charge in [-0.2, -0.15) is 0 Å². The molecule has 0 bridgehead atoms. The first-order valence-electron chi connectivity index (χ1n) is 21.4. The maximum atomic E-state index is 6.74. The van der Waals surface area contributed by atoms with Gasteiger partial charge in [0.25, 0.3) is 0 Å². The van der Waals surface area contributed by atoms with Crippen molar-refractivity contribution in [3.63, 3.8) is 0 Å². The Kier molecular flexibility index (Phi) is 8.57. The third kappa shape index (κ3) is 6.10. The normalized spacial score (nSPS) is 13.2. The Morgan fingerprint density at radius 2 is 1.24 bits per heavy atom. The number of nitrogens with zero attached hydrogens (tertiary/aromatic N) is 4. The first kappa shape index (κ1) is 36.6. The predicted octanol–water partition coefficient (Wildman–Crippen LogP) is 15.6. The average Bonchev–Trinajstić information content (AvgIpc) is 3.88. The molecule has 300 valence electrons. The molecule has 11 aromatic rings. The lowest BCUT2D eigenvalue weighted by atomic mass is 9.94. The van der Waals surface area contributed by atoms with Gasteiger partial charge in [0.05, 0.1) is 28.5 Å². The van der Waals surface area contributed by atoms with Crippen LogP contribution < -0.4 is 9.64 Å². The molecule has 1 atom stereocenters. The van der Waals surface area contributed by atoms with Gasteiger partial charge in [0, 0.05) is 49.8 Å². The minimum absolute atomic E-state index is 0.0849. The summed E-state index contributed by atoms with van der Waals surface area (Å²) < 4.78 is 15.7. The largest absolute Gasteiger partial charge is 0.456 e. The number of ether oxygens (including phenoxy) is 1. The van der Waals surface area contributed by atoms with Crippen molar-refractivity contribution in [1.29, 1.82) is 0 Å². The Morgan fingerprint density at radius 1 is 0.556 bits per heavy atom. The number of furan rings is 1. The van der Waals surface area contributed by atoms with Crippen molar-refractivity contribution in [3.05, 3.63) is 211 Å². The average molecular weight is 813 g/mol. The molecular formula is C57H40N4O2. The molecule has 0 saturated carbocycles. The summed E-state index contributed by atoms with van der Waals surface area (Å²) in [5, 5.41) is 6.67. The molecule has 1 aliphatic rings. The van der Waals surface area contributed by atoms with E-state index in [9.17, 15) is 0 Å². The predicted molar refractivity (Wildman–Crippen MR) is 261 cm³/mol. The molecule has 6 heteroatoms. The summed E-state index contributed by atoms with van der Waals surface area (Å²) in [7, 11) is 0. The van der Waals surface area contributed by atoms with Gasteiger partial charge in [-0.15, -0.1) is 0 Å². The molecule has 0 fully saturated rings. The quantitative estimate of drug-likeness (QED) is 0.124. The summed E-state index contributed by atoms with van der Waals surface area (Å²) in [6.45, 7) is 4.20. The third-order valence-corrected chi connectivity index (χ3v) is 12.4. The SMILES string of the molecule is CC(=NC(=NC(C)c1ccccc1)c1ccccc1)n1c2ccccc2c2cc(N(c3ccc4c(c3)Oc3cccc5cccc-4c35)c3cccc4c3oc3ccccc34)ccc21. The van der Waals surface area contributed by atoms with Gasteiger partial charge in [-0.3, -0.25) is 9.56 Å². The highest BCUT2D eigenvalue weighted by molar-refractivity contribution is 6.18. The molecule has 0 aliphatic carbocycles. The zero-order chi connectivity index (χ0) is 42.0. The number of benzene rings is 9. The van der Waals surface area contributed by atoms with Gasteiger partial charge in [0.2, 0.25) is 0 Å². The molecule has 0 radical (unpaired) electrons. The molecule has 0 amide bonds. The summed E-state index contributed by atoms with van der Waals surface area (Å²) in [6.07, 6.45) is 0. The van der Waals surface area contributed by atoms with Gasteiger partial charge in [0.1, 0.15) is 22.9 Å². The van der Waals surface area contributed by atoms with Crippen LogP contribution in [0.2, 0.25) is 0 Å². The molecule has 12 rings (SSSR count). The summed E-state index contributed by atoms with van der Waals surface area (Å²) in [5.41, 5.74) is 11.0. The lowest BCUT2D eigenvalue weighted by Crippen LogP contribution is -2.12. The van der Waals surface area contributed by atoms with Crippen molar-refractivity contribution in [1.82, 2.24) is 4.57 Å². The Bertz CT molecular complexity index is 3630. The van der Waals surface area contributed by atoms with Gasteiger partial charge in [-0.05, 0) is 85.0 Å². The van der Waals surface area contributed by atoms with E-state index in [1.807, 2.05) is 36.4 Å². The highest BCUT2D eigenvalue weighted by atomic mass is 16.5. The molecule has 0 saturated heterocycles. The number of anilines is 3. The van der Waals surface area contributed by atoms with Crippen LogP contribution in [0.25, 0.3) is 65.6 Å². The number of amidine groups is 1. The van der Waals surface area contributed by atoms with Crippen molar-refractivity contribution in [3.8, 4) is 22.6 Å². The summed E-state index contributed by atoms with van der Waals surface area (Å²) in [4.78, 5) is 12.8. The van der Waals surface area contributed by atoms with Crippen LogP contribution >= 0.6 is 0 Å². The van der Waals surface area contributed by atoms with Crippen molar-refractivity contribution in [2.24, 2.45) is 9.98 Å². The zero-order valence-electron chi connectivity index (χ0n) is 34.7. The molecule has 1 unspecified atom stereocenters. The zero-order valence-corrected chi connectivity index (χ0v) is 34.7. The molecule has 3 heterocycles. The van der Waals surface area contributed by atoms with Crippen LogP contribution in [-0.2, 0) is 0 Å². The molecule has 9 aromatic carbocycles. The Labute approximate surface area is 364 Å². The van der Waals surface area contributed by atoms with Gasteiger partial charge < -0.3 is 14.1 Å². The standard InChI is InChI=1S/C57H40N4O2/c1-36(38-16-5-3-6-17-38)58-57(40-18-7-4-8-19-40)59-37(2)60-49-26-11-9-22-43(49)48-34-41(31-33-50(48)60)61(51-27-15-25-47-44-23-10-12-28-52(44)63-56(47)51)42-30-32-45-46-24-13-20-39-21-14-29-53(55(39)46)62-54(45)35-42/h3-36H,1-2H3. The number of hydrogen-bond acceptors (Lipinski definition) is 4. The molecule has 6 nitrogen and oxygen atoms in total. The van der Waals surface area contributed by atoms with Gasteiger partial charge >= 0.3 is 0 Å². The van der Waals surface area contributed by atoms with Crippen LogP contribution in [0.3, 0.4) is 0 Å². The Balaban J connectivity index is 1.05. The van der Waals surface area contributed by atoms with E-state index in [1.54, 1.807) is 0 Å². The molecular weight excluding hydrogens is 773 g/mol. The topological polar surface area (TPSA) is 55.3 Å². The Hall–Kier alpha value is -8.22. The number of aliphatic imine (C=N–C) groups is 2. The summed E-state index contributed by atoms with van der Waals surface area (Å²) in [5.74, 6) is 3.18. The molecule has 0 spiro atoms. The van der Waals surface area contributed by atoms with Crippen LogP contribution in [0.5, 0.6) is 11.5 Å². The fourth-order valence-corrected chi connectivity index (χ4v) is 9.42. The van der Waals surface area contributed by atoms with Gasteiger partial charge in [0.15, 0.2) is 11.4 Å². The Morgan fingerprint density at radius 3 is 2.10 bits per heavy atom. The van der Waals surface area contributed by atoms with E-state index in [1.165, 1.54) is 5.56 Å². The fourth-order valence-electron chi connectivity index (χ4n) is 9.42. The second kappa shape index (κ2) is 14.8. The summed E-state index contributed by atoms with van der Waals surface area (Å²) >= 11 is 0. The van der Waals surface area contributed by atoms with Gasteiger partial charge in [-0.1, -0.05) is 140 Å². The van der Waals surface area contributed by atoms with Crippen LogP contribution in [0.4, 0.5) is 17.1 Å².